The van der Waals surface area contributed by atoms with Crippen LogP contribution in [0.3, 0.4) is 0 Å². The predicted molar refractivity (Wildman–Crippen MR) is 119 cm³/mol. The third-order valence-electron chi connectivity index (χ3n) is 4.54. The summed E-state index contributed by atoms with van der Waals surface area (Å²) in [5.74, 6) is 0.239. The van der Waals surface area contributed by atoms with Crippen molar-refractivity contribution < 1.29 is 22.5 Å². The second-order valence-corrected chi connectivity index (χ2v) is 10.1. The number of esters is 1. The third-order valence-corrected chi connectivity index (χ3v) is 6.67. The van der Waals surface area contributed by atoms with Crippen LogP contribution in [0, 0.1) is 5.92 Å². The van der Waals surface area contributed by atoms with E-state index in [-0.39, 0.29) is 34.5 Å². The van der Waals surface area contributed by atoms with E-state index in [9.17, 15) is 13.2 Å². The Hall–Kier alpha value is -2.75. The van der Waals surface area contributed by atoms with Gasteiger partial charge in [-0.15, -0.1) is 0 Å². The van der Waals surface area contributed by atoms with Gasteiger partial charge in [-0.2, -0.15) is 9.29 Å². The molecule has 0 aliphatic heterocycles. The van der Waals surface area contributed by atoms with Gasteiger partial charge in [0.05, 0.1) is 15.5 Å². The summed E-state index contributed by atoms with van der Waals surface area (Å²) in [6.45, 7) is 3.99. The number of halogens is 1. The van der Waals surface area contributed by atoms with Gasteiger partial charge in [-0.1, -0.05) is 60.9 Å². The molecule has 8 nitrogen and oxygen atoms in total. The molecular formula is C22H24ClN3O5S. The average molecular weight is 478 g/mol. The Morgan fingerprint density at radius 3 is 2.59 bits per heavy atom. The van der Waals surface area contributed by atoms with E-state index in [0.717, 1.165) is 5.56 Å². The molecule has 0 atom stereocenters. The molecule has 0 amide bonds. The molecule has 0 spiro atoms. The number of aromatic nitrogens is 2. The molecule has 0 N–H and O–H groups in total. The molecule has 1 aromatic heterocycles. The van der Waals surface area contributed by atoms with E-state index < -0.39 is 16.0 Å². The van der Waals surface area contributed by atoms with Gasteiger partial charge >= 0.3 is 5.97 Å². The van der Waals surface area contributed by atoms with Gasteiger partial charge < -0.3 is 9.26 Å². The van der Waals surface area contributed by atoms with Gasteiger partial charge in [-0.05, 0) is 29.7 Å². The highest BCUT2D eigenvalue weighted by Gasteiger charge is 2.24. The van der Waals surface area contributed by atoms with Crippen molar-refractivity contribution in [3.63, 3.8) is 0 Å². The van der Waals surface area contributed by atoms with Gasteiger partial charge in [0.15, 0.2) is 12.4 Å². The molecule has 0 radical (unpaired) electrons. The summed E-state index contributed by atoms with van der Waals surface area (Å²) >= 11 is 6.13. The van der Waals surface area contributed by atoms with Gasteiger partial charge in [0.25, 0.3) is 5.89 Å². The Balaban J connectivity index is 1.72. The van der Waals surface area contributed by atoms with E-state index in [1.54, 1.807) is 0 Å². The minimum absolute atomic E-state index is 0.0655. The number of ether oxygens (including phenoxy) is 1. The number of hydrogen-bond acceptors (Lipinski definition) is 7. The van der Waals surface area contributed by atoms with Crippen LogP contribution >= 0.6 is 11.6 Å². The molecule has 0 bridgehead atoms. The molecule has 2 aromatic carbocycles. The van der Waals surface area contributed by atoms with Gasteiger partial charge in [0.2, 0.25) is 10.0 Å². The molecular weight excluding hydrogens is 454 g/mol. The molecule has 0 fully saturated rings. The number of carbonyl (C=O) groups is 1. The van der Waals surface area contributed by atoms with Crippen molar-refractivity contribution in [2.75, 3.05) is 7.05 Å². The predicted octanol–water partition coefficient (Wildman–Crippen LogP) is 4.10. The van der Waals surface area contributed by atoms with Crippen LogP contribution in [0.2, 0.25) is 5.02 Å². The monoisotopic (exact) mass is 477 g/mol. The second kappa shape index (κ2) is 10.2. The maximum atomic E-state index is 13.0. The van der Waals surface area contributed by atoms with Crippen LogP contribution in [0.5, 0.6) is 0 Å². The number of nitrogens with zero attached hydrogens (tertiary/aromatic N) is 3. The summed E-state index contributed by atoms with van der Waals surface area (Å²) in [7, 11) is -2.39. The summed E-state index contributed by atoms with van der Waals surface area (Å²) in [4.78, 5) is 16.7. The molecule has 32 heavy (non-hydrogen) atoms. The summed E-state index contributed by atoms with van der Waals surface area (Å²) in [5, 5.41) is 3.91. The SMILES string of the molecule is CC(C)Cc1noc(COC(=O)c2cc(S(=O)(=O)N(C)Cc3ccccc3)ccc2Cl)n1. The summed E-state index contributed by atoms with van der Waals surface area (Å²) in [6, 6.07) is 13.1. The molecule has 1 heterocycles. The average Bonchev–Trinajstić information content (AvgIpc) is 3.19. The van der Waals surface area contributed by atoms with Gasteiger partial charge in [0.1, 0.15) is 0 Å². The maximum Gasteiger partial charge on any atom is 0.340 e. The number of carbonyl (C=O) groups excluding carboxylic acids is 1. The zero-order valence-corrected chi connectivity index (χ0v) is 19.6. The van der Waals surface area contributed by atoms with E-state index in [1.165, 1.54) is 29.6 Å². The lowest BCUT2D eigenvalue weighted by Crippen LogP contribution is -2.26. The number of hydrogen-bond donors (Lipinski definition) is 0. The molecule has 10 heteroatoms. The molecule has 170 valence electrons. The van der Waals surface area contributed by atoms with Crippen molar-refractivity contribution in [2.24, 2.45) is 5.92 Å². The van der Waals surface area contributed by atoms with Crippen LogP contribution in [0.4, 0.5) is 0 Å². The van der Waals surface area contributed by atoms with Crippen LogP contribution in [0.25, 0.3) is 0 Å². The summed E-state index contributed by atoms with van der Waals surface area (Å²) in [6.07, 6.45) is 0.639. The third kappa shape index (κ3) is 5.93. The Morgan fingerprint density at radius 2 is 1.91 bits per heavy atom. The molecule has 0 saturated carbocycles. The molecule has 0 aliphatic rings. The first-order valence-electron chi connectivity index (χ1n) is 9.95. The minimum Gasteiger partial charge on any atom is -0.452 e. The summed E-state index contributed by atoms with van der Waals surface area (Å²) < 4.78 is 37.5. The first-order valence-corrected chi connectivity index (χ1v) is 11.8. The topological polar surface area (TPSA) is 103 Å². The van der Waals surface area contributed by atoms with Crippen LogP contribution in [-0.4, -0.2) is 35.9 Å². The van der Waals surface area contributed by atoms with Gasteiger partial charge in [0, 0.05) is 20.0 Å². The lowest BCUT2D eigenvalue weighted by Gasteiger charge is -2.18. The lowest BCUT2D eigenvalue weighted by molar-refractivity contribution is 0.0429. The largest absolute Gasteiger partial charge is 0.452 e. The smallest absolute Gasteiger partial charge is 0.340 e. The molecule has 0 aliphatic carbocycles. The first kappa shape index (κ1) is 23.9. The second-order valence-electron chi connectivity index (χ2n) is 7.67. The van der Waals surface area contributed by atoms with Crippen molar-refractivity contribution in [3.8, 4) is 0 Å². The van der Waals surface area contributed by atoms with Crippen LogP contribution in [0.15, 0.2) is 57.9 Å². The highest BCUT2D eigenvalue weighted by Crippen LogP contribution is 2.24. The van der Waals surface area contributed by atoms with E-state index in [4.69, 9.17) is 20.9 Å². The van der Waals surface area contributed by atoms with Crippen LogP contribution in [-0.2, 0) is 34.3 Å². The lowest BCUT2D eigenvalue weighted by atomic mass is 10.1. The van der Waals surface area contributed by atoms with Crippen molar-refractivity contribution in [3.05, 3.63) is 76.4 Å². The van der Waals surface area contributed by atoms with Crippen molar-refractivity contribution in [2.45, 2.75) is 38.3 Å². The fraction of sp³-hybridized carbons (Fsp3) is 0.318. The molecule has 3 rings (SSSR count). The molecule has 3 aromatic rings. The zero-order chi connectivity index (χ0) is 23.3. The molecule has 0 saturated heterocycles. The quantitative estimate of drug-likeness (QED) is 0.427. The van der Waals surface area contributed by atoms with Crippen LogP contribution < -0.4 is 0 Å². The Labute approximate surface area is 192 Å². The van der Waals surface area contributed by atoms with E-state index in [0.29, 0.717) is 18.2 Å². The highest BCUT2D eigenvalue weighted by molar-refractivity contribution is 7.89. The Morgan fingerprint density at radius 1 is 1.19 bits per heavy atom. The zero-order valence-electron chi connectivity index (χ0n) is 18.0. The Bertz CT molecular complexity index is 1180. The normalized spacial score (nSPS) is 11.8. The number of sulfonamides is 1. The van der Waals surface area contributed by atoms with Gasteiger partial charge in [-0.25, -0.2) is 13.2 Å². The fourth-order valence-corrected chi connectivity index (χ4v) is 4.31. The molecule has 0 unspecified atom stereocenters. The van der Waals surface area contributed by atoms with E-state index >= 15 is 0 Å². The first-order chi connectivity index (χ1) is 15.2. The number of benzene rings is 2. The summed E-state index contributed by atoms with van der Waals surface area (Å²) in [5.41, 5.74) is 0.770. The van der Waals surface area contributed by atoms with E-state index in [1.807, 2.05) is 44.2 Å². The number of rotatable bonds is 9. The van der Waals surface area contributed by atoms with Crippen molar-refractivity contribution in [1.82, 2.24) is 14.4 Å². The van der Waals surface area contributed by atoms with Crippen molar-refractivity contribution >= 4 is 27.6 Å². The van der Waals surface area contributed by atoms with E-state index in [2.05, 4.69) is 10.1 Å². The fourth-order valence-electron chi connectivity index (χ4n) is 2.93. The van der Waals surface area contributed by atoms with Crippen molar-refractivity contribution in [1.29, 1.82) is 0 Å². The Kier molecular flexibility index (Phi) is 7.65. The maximum absolute atomic E-state index is 13.0. The van der Waals surface area contributed by atoms with Gasteiger partial charge in [-0.3, -0.25) is 0 Å². The van der Waals surface area contributed by atoms with Crippen LogP contribution in [0.1, 0.15) is 41.5 Å². The standard InChI is InChI=1S/C22H24ClN3O5S/c1-15(2)11-20-24-21(31-25-20)14-30-22(27)18-12-17(9-10-19(18)23)32(28,29)26(3)13-16-7-5-4-6-8-16/h4-10,12,15H,11,13-14H2,1-3H3. The highest BCUT2D eigenvalue weighted by atomic mass is 35.5. The minimum atomic E-state index is -3.86.